The Morgan fingerprint density at radius 1 is 1.17 bits per heavy atom. The summed E-state index contributed by atoms with van der Waals surface area (Å²) in [7, 11) is -3.11. The zero-order chi connectivity index (χ0) is 16.4. The number of anilines is 1. The van der Waals surface area contributed by atoms with Gasteiger partial charge in [0.25, 0.3) is 0 Å². The number of nitrogens with zero attached hydrogens (tertiary/aromatic N) is 1. The van der Waals surface area contributed by atoms with Gasteiger partial charge in [-0.15, -0.1) is 0 Å². The van der Waals surface area contributed by atoms with Gasteiger partial charge in [0.05, 0.1) is 17.5 Å². The fraction of sp³-hybridized carbons (Fsp3) is 0.647. The molecule has 23 heavy (non-hydrogen) atoms. The van der Waals surface area contributed by atoms with Crippen molar-refractivity contribution in [2.75, 3.05) is 16.6 Å². The summed E-state index contributed by atoms with van der Waals surface area (Å²) in [6.07, 6.45) is 4.33. The lowest BCUT2D eigenvalue weighted by atomic mass is 9.92. The van der Waals surface area contributed by atoms with Crippen molar-refractivity contribution < 1.29 is 13.5 Å². The third-order valence-corrected chi connectivity index (χ3v) is 6.83. The molecule has 1 unspecified atom stereocenters. The lowest BCUT2D eigenvalue weighted by Crippen LogP contribution is -2.36. The minimum absolute atomic E-state index is 0.134. The molecule has 0 bridgehead atoms. The number of aliphatic hydroxyl groups is 1. The lowest BCUT2D eigenvalue weighted by molar-refractivity contribution is 0.114. The molecule has 5 nitrogen and oxygen atoms in total. The average molecular weight is 338 g/mol. The van der Waals surface area contributed by atoms with Crippen molar-refractivity contribution in [3.05, 3.63) is 29.8 Å². The summed E-state index contributed by atoms with van der Waals surface area (Å²) >= 11 is 0. The first kappa shape index (κ1) is 16.7. The maximum atomic E-state index is 12.0. The molecule has 2 aliphatic rings. The molecule has 2 fully saturated rings. The molecule has 1 aromatic rings. The molecule has 0 spiro atoms. The van der Waals surface area contributed by atoms with Gasteiger partial charge in [-0.2, -0.15) is 0 Å². The van der Waals surface area contributed by atoms with E-state index in [0.717, 1.165) is 36.9 Å². The van der Waals surface area contributed by atoms with Crippen molar-refractivity contribution in [3.8, 4) is 0 Å². The van der Waals surface area contributed by atoms with Crippen LogP contribution < -0.4 is 9.62 Å². The average Bonchev–Trinajstić information content (AvgIpc) is 2.89. The van der Waals surface area contributed by atoms with E-state index in [1.165, 1.54) is 4.31 Å². The number of nitrogens with one attached hydrogen (secondary N) is 1. The van der Waals surface area contributed by atoms with E-state index in [4.69, 9.17) is 0 Å². The van der Waals surface area contributed by atoms with Gasteiger partial charge in [-0.3, -0.25) is 4.31 Å². The van der Waals surface area contributed by atoms with E-state index in [9.17, 15) is 13.5 Å². The van der Waals surface area contributed by atoms with E-state index >= 15 is 0 Å². The zero-order valence-electron chi connectivity index (χ0n) is 13.6. The van der Waals surface area contributed by atoms with Gasteiger partial charge < -0.3 is 10.4 Å². The molecule has 1 aliphatic heterocycles. The van der Waals surface area contributed by atoms with Crippen molar-refractivity contribution in [3.63, 3.8) is 0 Å². The number of benzene rings is 1. The number of aliphatic hydroxyl groups excluding tert-OH is 1. The third kappa shape index (κ3) is 3.87. The van der Waals surface area contributed by atoms with Gasteiger partial charge in [-0.25, -0.2) is 8.42 Å². The first-order chi connectivity index (χ1) is 11.0. The molecule has 3 rings (SSSR count). The fourth-order valence-corrected chi connectivity index (χ4v) is 5.12. The third-order valence-electron chi connectivity index (χ3n) is 4.96. The first-order valence-corrected chi connectivity index (χ1v) is 10.1. The van der Waals surface area contributed by atoms with Crippen molar-refractivity contribution in [2.45, 2.75) is 57.2 Å². The van der Waals surface area contributed by atoms with Crippen LogP contribution in [0.4, 0.5) is 5.69 Å². The van der Waals surface area contributed by atoms with E-state index in [2.05, 4.69) is 12.2 Å². The van der Waals surface area contributed by atoms with Crippen LogP contribution in [0.3, 0.4) is 0 Å². The van der Waals surface area contributed by atoms with Crippen LogP contribution in [0.1, 0.15) is 50.6 Å². The molecular formula is C17H26N2O3S. The van der Waals surface area contributed by atoms with Crippen LogP contribution in [-0.4, -0.2) is 38.0 Å². The summed E-state index contributed by atoms with van der Waals surface area (Å²) in [5.74, 6) is 0.250. The highest BCUT2D eigenvalue weighted by atomic mass is 32.2. The van der Waals surface area contributed by atoms with Gasteiger partial charge in [0.2, 0.25) is 10.0 Å². The number of hydrogen-bond donors (Lipinski definition) is 2. The minimum atomic E-state index is -3.11. The molecule has 1 heterocycles. The van der Waals surface area contributed by atoms with Crippen LogP contribution in [0.2, 0.25) is 0 Å². The topological polar surface area (TPSA) is 69.6 Å². The van der Waals surface area contributed by atoms with Crippen molar-refractivity contribution >= 4 is 15.7 Å². The van der Waals surface area contributed by atoms with Crippen molar-refractivity contribution in [2.24, 2.45) is 0 Å². The molecule has 0 amide bonds. The molecular weight excluding hydrogens is 312 g/mol. The maximum absolute atomic E-state index is 12.0. The Bertz CT molecular complexity index is 622. The second kappa shape index (κ2) is 6.79. The Balaban J connectivity index is 1.62. The normalized spacial score (nSPS) is 28.7. The zero-order valence-corrected chi connectivity index (χ0v) is 14.4. The second-order valence-electron chi connectivity index (χ2n) is 6.73. The summed E-state index contributed by atoms with van der Waals surface area (Å²) in [4.78, 5) is 0. The van der Waals surface area contributed by atoms with Crippen LogP contribution >= 0.6 is 0 Å². The summed E-state index contributed by atoms with van der Waals surface area (Å²) in [5.41, 5.74) is 1.93. The van der Waals surface area contributed by atoms with Gasteiger partial charge in [0.15, 0.2) is 0 Å². The molecule has 2 N–H and O–H groups in total. The molecule has 0 aromatic heterocycles. The molecule has 1 atom stereocenters. The summed E-state index contributed by atoms with van der Waals surface area (Å²) in [5, 5.41) is 13.2. The quantitative estimate of drug-likeness (QED) is 0.883. The SMILES string of the molecule is CC(NC1CCC(O)CC1)c1ccc(N2CCCS2(=O)=O)cc1. The van der Waals surface area contributed by atoms with Crippen LogP contribution in [-0.2, 0) is 10.0 Å². The Morgan fingerprint density at radius 3 is 2.39 bits per heavy atom. The van der Waals surface area contributed by atoms with E-state index in [1.807, 2.05) is 24.3 Å². The molecule has 0 radical (unpaired) electrons. The van der Waals surface area contributed by atoms with E-state index in [-0.39, 0.29) is 17.9 Å². The molecule has 1 saturated carbocycles. The van der Waals surface area contributed by atoms with Crippen molar-refractivity contribution in [1.29, 1.82) is 0 Å². The van der Waals surface area contributed by atoms with Gasteiger partial charge >= 0.3 is 0 Å². The van der Waals surface area contributed by atoms with E-state index in [0.29, 0.717) is 19.0 Å². The Kier molecular flexibility index (Phi) is 4.94. The molecule has 6 heteroatoms. The van der Waals surface area contributed by atoms with E-state index in [1.54, 1.807) is 0 Å². The number of rotatable bonds is 4. The second-order valence-corrected chi connectivity index (χ2v) is 8.74. The van der Waals surface area contributed by atoms with Gasteiger partial charge in [-0.1, -0.05) is 12.1 Å². The standard InChI is InChI=1S/C17H26N2O3S/c1-13(18-15-5-9-17(20)10-6-15)14-3-7-16(8-4-14)19-11-2-12-23(19,21)22/h3-4,7-8,13,15,17-18,20H,2,5-6,9-12H2,1H3. The predicted molar refractivity (Wildman–Crippen MR) is 92.0 cm³/mol. The van der Waals surface area contributed by atoms with Crippen LogP contribution in [0.5, 0.6) is 0 Å². The minimum Gasteiger partial charge on any atom is -0.393 e. The van der Waals surface area contributed by atoms with Crippen LogP contribution in [0, 0.1) is 0 Å². The summed E-state index contributed by atoms with van der Waals surface area (Å²) in [6.45, 7) is 2.71. The first-order valence-electron chi connectivity index (χ1n) is 8.50. The molecule has 128 valence electrons. The summed E-state index contributed by atoms with van der Waals surface area (Å²) < 4.78 is 25.4. The maximum Gasteiger partial charge on any atom is 0.235 e. The highest BCUT2D eigenvalue weighted by Crippen LogP contribution is 2.27. The largest absolute Gasteiger partial charge is 0.393 e. The van der Waals surface area contributed by atoms with E-state index < -0.39 is 10.0 Å². The Labute approximate surface area is 138 Å². The Hall–Kier alpha value is -1.11. The van der Waals surface area contributed by atoms with Gasteiger partial charge in [0.1, 0.15) is 0 Å². The highest BCUT2D eigenvalue weighted by molar-refractivity contribution is 7.93. The van der Waals surface area contributed by atoms with Crippen LogP contribution in [0.25, 0.3) is 0 Å². The molecule has 1 aliphatic carbocycles. The number of hydrogen-bond acceptors (Lipinski definition) is 4. The number of sulfonamides is 1. The van der Waals surface area contributed by atoms with Gasteiger partial charge in [0, 0.05) is 18.6 Å². The summed E-state index contributed by atoms with van der Waals surface area (Å²) in [6, 6.07) is 8.51. The molecule has 1 aromatic carbocycles. The van der Waals surface area contributed by atoms with Gasteiger partial charge in [-0.05, 0) is 56.7 Å². The van der Waals surface area contributed by atoms with Crippen molar-refractivity contribution in [1.82, 2.24) is 5.32 Å². The lowest BCUT2D eigenvalue weighted by Gasteiger charge is -2.29. The monoisotopic (exact) mass is 338 g/mol. The molecule has 1 saturated heterocycles. The predicted octanol–water partition coefficient (Wildman–Crippen LogP) is 2.18. The van der Waals surface area contributed by atoms with Crippen LogP contribution in [0.15, 0.2) is 24.3 Å². The Morgan fingerprint density at radius 2 is 1.83 bits per heavy atom. The fourth-order valence-electron chi connectivity index (χ4n) is 3.55. The smallest absolute Gasteiger partial charge is 0.235 e. The highest BCUT2D eigenvalue weighted by Gasteiger charge is 2.28.